The summed E-state index contributed by atoms with van der Waals surface area (Å²) < 4.78 is 46.8. The molecule has 1 unspecified atom stereocenters. The van der Waals surface area contributed by atoms with Crippen LogP contribution < -0.4 is 14.4 Å². The van der Waals surface area contributed by atoms with Crippen molar-refractivity contribution in [3.05, 3.63) is 78.0 Å². The van der Waals surface area contributed by atoms with Crippen molar-refractivity contribution >= 4 is 17.6 Å². The van der Waals surface area contributed by atoms with Crippen LogP contribution in [0.5, 0.6) is 11.6 Å². The van der Waals surface area contributed by atoms with E-state index in [9.17, 15) is 13.2 Å². The topological polar surface area (TPSA) is 37.4 Å². The first kappa shape index (κ1) is 21.5. The Bertz CT molecular complexity index is 1010. The van der Waals surface area contributed by atoms with Crippen molar-refractivity contribution in [3.8, 4) is 11.6 Å². The molecule has 0 bridgehead atoms. The van der Waals surface area contributed by atoms with Gasteiger partial charge in [-0.05, 0) is 67.3 Å². The number of pyridine rings is 1. The van der Waals surface area contributed by atoms with Crippen LogP contribution in [-0.4, -0.2) is 24.1 Å². The van der Waals surface area contributed by atoms with Gasteiger partial charge in [0, 0.05) is 42.0 Å². The molecule has 2 heterocycles. The molecule has 1 N–H and O–H groups in total. The summed E-state index contributed by atoms with van der Waals surface area (Å²) in [6.45, 7) is 4.08. The highest BCUT2D eigenvalue weighted by atomic mass is 32.2. The molecule has 1 aliphatic rings. The van der Waals surface area contributed by atoms with E-state index < -0.39 is 11.7 Å². The van der Waals surface area contributed by atoms with Crippen molar-refractivity contribution in [1.29, 1.82) is 0 Å². The lowest BCUT2D eigenvalue weighted by Gasteiger charge is -2.27. The summed E-state index contributed by atoms with van der Waals surface area (Å²) in [5, 5.41) is 0. The Morgan fingerprint density at radius 1 is 1.10 bits per heavy atom. The minimum Gasteiger partial charge on any atom is -0.439 e. The Morgan fingerprint density at radius 2 is 1.87 bits per heavy atom. The molecule has 31 heavy (non-hydrogen) atoms. The molecule has 2 aromatic carbocycles. The smallest absolute Gasteiger partial charge is 0.417 e. The predicted octanol–water partition coefficient (Wildman–Crippen LogP) is 5.94. The highest BCUT2D eigenvalue weighted by molar-refractivity contribution is 7.97. The SMILES string of the molecule is CC(CNSc1ccc(Oc2ccc(C(F)(F)F)cn2)cc1)N1CCc2ccccc21. The third kappa shape index (κ3) is 5.32. The number of aromatic nitrogens is 1. The lowest BCUT2D eigenvalue weighted by molar-refractivity contribution is -0.137. The Labute approximate surface area is 183 Å². The van der Waals surface area contributed by atoms with E-state index in [0.717, 1.165) is 36.7 Å². The number of hydrogen-bond acceptors (Lipinski definition) is 5. The predicted molar refractivity (Wildman–Crippen MR) is 117 cm³/mol. The second-order valence-corrected chi connectivity index (χ2v) is 8.29. The van der Waals surface area contributed by atoms with Crippen LogP contribution in [0.25, 0.3) is 0 Å². The fourth-order valence-corrected chi connectivity index (χ4v) is 4.25. The van der Waals surface area contributed by atoms with Crippen molar-refractivity contribution in [2.24, 2.45) is 0 Å². The number of nitrogens with one attached hydrogen (secondary N) is 1. The third-order valence-electron chi connectivity index (χ3n) is 5.13. The number of hydrogen-bond donors (Lipinski definition) is 1. The van der Waals surface area contributed by atoms with Crippen molar-refractivity contribution in [2.75, 3.05) is 18.0 Å². The number of nitrogens with zero attached hydrogens (tertiary/aromatic N) is 2. The molecule has 4 nitrogen and oxygen atoms in total. The van der Waals surface area contributed by atoms with Crippen LogP contribution in [0.1, 0.15) is 18.1 Å². The molecular formula is C23H22F3N3OS. The van der Waals surface area contributed by atoms with Gasteiger partial charge in [-0.3, -0.25) is 4.72 Å². The van der Waals surface area contributed by atoms with Gasteiger partial charge in [0.25, 0.3) is 0 Å². The maximum absolute atomic E-state index is 12.6. The van der Waals surface area contributed by atoms with E-state index in [1.165, 1.54) is 29.3 Å². The highest BCUT2D eigenvalue weighted by Crippen LogP contribution is 2.31. The van der Waals surface area contributed by atoms with E-state index in [1.807, 2.05) is 12.1 Å². The maximum Gasteiger partial charge on any atom is 0.417 e. The molecule has 0 spiro atoms. The normalized spacial score (nSPS) is 14.4. The summed E-state index contributed by atoms with van der Waals surface area (Å²) in [5.41, 5.74) is 1.92. The first-order chi connectivity index (χ1) is 14.9. The van der Waals surface area contributed by atoms with Gasteiger partial charge >= 0.3 is 6.18 Å². The van der Waals surface area contributed by atoms with E-state index >= 15 is 0 Å². The van der Waals surface area contributed by atoms with E-state index in [4.69, 9.17) is 4.74 Å². The summed E-state index contributed by atoms with van der Waals surface area (Å²) in [4.78, 5) is 7.16. The lowest BCUT2D eigenvalue weighted by Crippen LogP contribution is -2.37. The molecule has 1 aliphatic heterocycles. The van der Waals surface area contributed by atoms with Crippen molar-refractivity contribution < 1.29 is 17.9 Å². The van der Waals surface area contributed by atoms with E-state index in [1.54, 1.807) is 12.1 Å². The number of fused-ring (bicyclic) bond motifs is 1. The van der Waals surface area contributed by atoms with Gasteiger partial charge in [0.2, 0.25) is 5.88 Å². The highest BCUT2D eigenvalue weighted by Gasteiger charge is 2.30. The number of alkyl halides is 3. The molecule has 1 aromatic heterocycles. The monoisotopic (exact) mass is 445 g/mol. The molecule has 1 atom stereocenters. The summed E-state index contributed by atoms with van der Waals surface area (Å²) in [5.74, 6) is 0.630. The Balaban J connectivity index is 1.26. The third-order valence-corrected chi connectivity index (χ3v) is 5.95. The van der Waals surface area contributed by atoms with Gasteiger partial charge in [0.05, 0.1) is 5.56 Å². The first-order valence-electron chi connectivity index (χ1n) is 9.95. The molecule has 3 aromatic rings. The number of anilines is 1. The molecule has 4 rings (SSSR count). The van der Waals surface area contributed by atoms with E-state index in [2.05, 4.69) is 45.8 Å². The number of rotatable bonds is 7. The van der Waals surface area contributed by atoms with Crippen LogP contribution in [0.4, 0.5) is 18.9 Å². The first-order valence-corrected chi connectivity index (χ1v) is 10.8. The van der Waals surface area contributed by atoms with Gasteiger partial charge in [-0.2, -0.15) is 13.2 Å². The average molecular weight is 446 g/mol. The zero-order valence-electron chi connectivity index (χ0n) is 16.9. The van der Waals surface area contributed by atoms with Gasteiger partial charge < -0.3 is 9.64 Å². The van der Waals surface area contributed by atoms with Gasteiger partial charge in [0.15, 0.2) is 0 Å². The Morgan fingerprint density at radius 3 is 2.58 bits per heavy atom. The van der Waals surface area contributed by atoms with Crippen LogP contribution in [0, 0.1) is 0 Å². The van der Waals surface area contributed by atoms with E-state index in [-0.39, 0.29) is 5.88 Å². The van der Waals surface area contributed by atoms with E-state index in [0.29, 0.717) is 11.8 Å². The summed E-state index contributed by atoms with van der Waals surface area (Å²) in [7, 11) is 0. The second-order valence-electron chi connectivity index (χ2n) is 7.33. The number of ether oxygens (including phenoxy) is 1. The lowest BCUT2D eigenvalue weighted by atomic mass is 10.2. The molecule has 8 heteroatoms. The summed E-state index contributed by atoms with van der Waals surface area (Å²) in [6.07, 6.45) is -2.56. The molecule has 162 valence electrons. The number of benzene rings is 2. The average Bonchev–Trinajstić information content (AvgIpc) is 3.19. The van der Waals surface area contributed by atoms with Crippen molar-refractivity contribution in [1.82, 2.24) is 9.71 Å². The van der Waals surface area contributed by atoms with Crippen LogP contribution in [0.2, 0.25) is 0 Å². The number of para-hydroxylation sites is 1. The zero-order chi connectivity index (χ0) is 21.8. The van der Waals surface area contributed by atoms with Crippen LogP contribution in [-0.2, 0) is 12.6 Å². The molecule has 0 amide bonds. The zero-order valence-corrected chi connectivity index (χ0v) is 17.7. The fraction of sp³-hybridized carbons (Fsp3) is 0.261. The maximum atomic E-state index is 12.6. The largest absolute Gasteiger partial charge is 0.439 e. The molecule has 0 aliphatic carbocycles. The molecule has 0 saturated heterocycles. The van der Waals surface area contributed by atoms with Gasteiger partial charge in [0.1, 0.15) is 5.75 Å². The molecule has 0 saturated carbocycles. The standard InChI is InChI=1S/C23H22F3N3OS/c1-16(29-13-12-17-4-2-3-5-21(17)29)14-28-31-20-9-7-19(8-10-20)30-22-11-6-18(15-27-22)23(24,25)26/h2-11,15-16,28H,12-14H2,1H3. The van der Waals surface area contributed by atoms with Crippen LogP contribution in [0.15, 0.2) is 71.8 Å². The molecular weight excluding hydrogens is 423 g/mol. The Hall–Kier alpha value is -2.71. The van der Waals surface area contributed by atoms with Gasteiger partial charge in [-0.25, -0.2) is 4.98 Å². The van der Waals surface area contributed by atoms with Crippen LogP contribution >= 0.6 is 11.9 Å². The second kappa shape index (κ2) is 9.20. The minimum absolute atomic E-state index is 0.117. The van der Waals surface area contributed by atoms with Crippen molar-refractivity contribution in [3.63, 3.8) is 0 Å². The van der Waals surface area contributed by atoms with Gasteiger partial charge in [-0.1, -0.05) is 18.2 Å². The van der Waals surface area contributed by atoms with Crippen molar-refractivity contribution in [2.45, 2.75) is 30.5 Å². The van der Waals surface area contributed by atoms with Gasteiger partial charge in [-0.15, -0.1) is 0 Å². The summed E-state index contributed by atoms with van der Waals surface area (Å²) in [6, 6.07) is 18.4. The quantitative estimate of drug-likeness (QED) is 0.456. The minimum atomic E-state index is -4.41. The van der Waals surface area contributed by atoms with Crippen LogP contribution in [0.3, 0.4) is 0 Å². The Kier molecular flexibility index (Phi) is 6.38. The summed E-state index contributed by atoms with van der Waals surface area (Å²) >= 11 is 1.54. The molecule has 0 fully saturated rings. The fourth-order valence-electron chi connectivity index (χ4n) is 3.48. The number of halogens is 3. The molecule has 0 radical (unpaired) electrons.